The van der Waals surface area contributed by atoms with Gasteiger partial charge >= 0.3 is 0 Å². The van der Waals surface area contributed by atoms with Crippen molar-refractivity contribution < 1.29 is 9.59 Å². The van der Waals surface area contributed by atoms with Crippen molar-refractivity contribution >= 4 is 11.8 Å². The van der Waals surface area contributed by atoms with Crippen molar-refractivity contribution in [1.82, 2.24) is 15.1 Å². The molecule has 20 heavy (non-hydrogen) atoms. The van der Waals surface area contributed by atoms with Crippen LogP contribution >= 0.6 is 0 Å². The minimum absolute atomic E-state index is 0.0782. The van der Waals surface area contributed by atoms with Crippen molar-refractivity contribution in [2.24, 2.45) is 0 Å². The molecule has 0 aromatic heterocycles. The van der Waals surface area contributed by atoms with Crippen LogP contribution in [0.1, 0.15) is 22.8 Å². The molecule has 0 unspecified atom stereocenters. The summed E-state index contributed by atoms with van der Waals surface area (Å²) in [4.78, 5) is 26.9. The van der Waals surface area contributed by atoms with Crippen molar-refractivity contribution in [3.8, 4) is 0 Å². The molecule has 2 amide bonds. The van der Waals surface area contributed by atoms with Crippen LogP contribution in [0.2, 0.25) is 0 Å². The normalized spacial score (nSPS) is 12.1. The third kappa shape index (κ3) is 4.06. The molecule has 0 aliphatic carbocycles. The fourth-order valence-electron chi connectivity index (χ4n) is 1.89. The van der Waals surface area contributed by atoms with Gasteiger partial charge in [0.25, 0.3) is 5.91 Å². The van der Waals surface area contributed by atoms with Gasteiger partial charge in [0.1, 0.15) is 0 Å². The molecule has 0 saturated carbocycles. The second kappa shape index (κ2) is 7.05. The number of hydrogen-bond acceptors (Lipinski definition) is 3. The Labute approximate surface area is 120 Å². The second-order valence-electron chi connectivity index (χ2n) is 5.10. The highest BCUT2D eigenvalue weighted by Gasteiger charge is 2.19. The van der Waals surface area contributed by atoms with Gasteiger partial charge in [-0.2, -0.15) is 0 Å². The summed E-state index contributed by atoms with van der Waals surface area (Å²) in [5.74, 6) is -0.0180. The van der Waals surface area contributed by atoms with Gasteiger partial charge in [-0.1, -0.05) is 12.1 Å². The molecule has 0 heterocycles. The van der Waals surface area contributed by atoms with Crippen LogP contribution in [0, 0.1) is 0 Å². The van der Waals surface area contributed by atoms with Gasteiger partial charge in [-0.15, -0.1) is 0 Å². The molecule has 1 aromatic carbocycles. The molecule has 1 rings (SSSR count). The van der Waals surface area contributed by atoms with Crippen LogP contribution in [0.5, 0.6) is 0 Å². The van der Waals surface area contributed by atoms with Gasteiger partial charge in [-0.25, -0.2) is 0 Å². The Morgan fingerprint density at radius 2 is 1.70 bits per heavy atom. The van der Waals surface area contributed by atoms with E-state index in [9.17, 15) is 9.59 Å². The zero-order valence-corrected chi connectivity index (χ0v) is 12.8. The highest BCUT2D eigenvalue weighted by molar-refractivity contribution is 5.93. The highest BCUT2D eigenvalue weighted by Crippen LogP contribution is 2.09. The van der Waals surface area contributed by atoms with Crippen molar-refractivity contribution in [2.45, 2.75) is 19.5 Å². The molecule has 5 nitrogen and oxygen atoms in total. The van der Waals surface area contributed by atoms with Crippen LogP contribution in [-0.4, -0.2) is 55.8 Å². The first-order valence-corrected chi connectivity index (χ1v) is 6.59. The monoisotopic (exact) mass is 277 g/mol. The van der Waals surface area contributed by atoms with E-state index in [-0.39, 0.29) is 17.9 Å². The zero-order chi connectivity index (χ0) is 15.3. The molecule has 5 heteroatoms. The van der Waals surface area contributed by atoms with Crippen LogP contribution in [0.4, 0.5) is 0 Å². The molecular weight excluding hydrogens is 254 g/mol. The molecule has 0 bridgehead atoms. The Bertz CT molecular complexity index is 469. The minimum atomic E-state index is -0.177. The number of carbonyl (C=O) groups is 2. The lowest BCUT2D eigenvalue weighted by Crippen LogP contribution is -2.42. The number of amides is 2. The molecule has 0 aliphatic heterocycles. The minimum Gasteiger partial charge on any atom is -0.355 e. The van der Waals surface area contributed by atoms with Crippen LogP contribution in [0.15, 0.2) is 24.3 Å². The summed E-state index contributed by atoms with van der Waals surface area (Å²) in [5, 5.41) is 2.59. The van der Waals surface area contributed by atoms with Gasteiger partial charge in [-0.3, -0.25) is 14.5 Å². The predicted octanol–water partition coefficient (Wildman–Crippen LogP) is 0.955. The van der Waals surface area contributed by atoms with Crippen molar-refractivity contribution in [3.63, 3.8) is 0 Å². The van der Waals surface area contributed by atoms with Crippen molar-refractivity contribution in [2.75, 3.05) is 28.2 Å². The summed E-state index contributed by atoms with van der Waals surface area (Å²) in [6.45, 7) is 2.55. The Hall–Kier alpha value is -1.88. The summed E-state index contributed by atoms with van der Waals surface area (Å²) < 4.78 is 0. The zero-order valence-electron chi connectivity index (χ0n) is 12.8. The van der Waals surface area contributed by atoms with E-state index >= 15 is 0 Å². The van der Waals surface area contributed by atoms with E-state index < -0.39 is 0 Å². The van der Waals surface area contributed by atoms with Crippen molar-refractivity contribution in [1.29, 1.82) is 0 Å². The standard InChI is InChI=1S/C15H23N3O2/c1-11(15(20)17(3)4)18(5)10-12-6-8-13(9-7-12)14(19)16-2/h6-9,11H,10H2,1-5H3,(H,16,19)/t11-/m0/s1. The maximum atomic E-state index is 11.9. The SMILES string of the molecule is CNC(=O)c1ccc(CN(C)[C@@H](C)C(=O)N(C)C)cc1. The molecule has 1 aromatic rings. The first-order valence-electron chi connectivity index (χ1n) is 6.59. The maximum Gasteiger partial charge on any atom is 0.251 e. The number of hydrogen-bond donors (Lipinski definition) is 1. The first-order chi connectivity index (χ1) is 9.36. The van der Waals surface area contributed by atoms with Crippen molar-refractivity contribution in [3.05, 3.63) is 35.4 Å². The van der Waals surface area contributed by atoms with E-state index in [1.807, 2.05) is 31.0 Å². The third-order valence-corrected chi connectivity index (χ3v) is 3.33. The maximum absolute atomic E-state index is 11.9. The molecule has 0 aliphatic rings. The molecule has 0 radical (unpaired) electrons. The lowest BCUT2D eigenvalue weighted by Gasteiger charge is -2.26. The average Bonchev–Trinajstić information content (AvgIpc) is 2.45. The average molecular weight is 277 g/mol. The number of carbonyl (C=O) groups excluding carboxylic acids is 2. The summed E-state index contributed by atoms with van der Waals surface area (Å²) in [7, 11) is 7.03. The topological polar surface area (TPSA) is 52.7 Å². The van der Waals surface area contributed by atoms with Crippen LogP contribution in [0.25, 0.3) is 0 Å². The largest absolute Gasteiger partial charge is 0.355 e. The van der Waals surface area contributed by atoms with E-state index in [0.29, 0.717) is 12.1 Å². The van der Waals surface area contributed by atoms with Gasteiger partial charge in [-0.05, 0) is 31.7 Å². The van der Waals surface area contributed by atoms with Gasteiger partial charge in [0.05, 0.1) is 6.04 Å². The van der Waals surface area contributed by atoms with E-state index in [1.54, 1.807) is 38.2 Å². The van der Waals surface area contributed by atoms with E-state index in [2.05, 4.69) is 5.32 Å². The molecule has 110 valence electrons. The Kier molecular flexibility index (Phi) is 5.70. The number of nitrogens with zero attached hydrogens (tertiary/aromatic N) is 2. The molecule has 0 fully saturated rings. The molecule has 1 atom stereocenters. The summed E-state index contributed by atoms with van der Waals surface area (Å²) in [5.41, 5.74) is 1.70. The Balaban J connectivity index is 2.69. The highest BCUT2D eigenvalue weighted by atomic mass is 16.2. The molecule has 0 spiro atoms. The van der Waals surface area contributed by atoms with E-state index in [4.69, 9.17) is 0 Å². The third-order valence-electron chi connectivity index (χ3n) is 3.33. The van der Waals surface area contributed by atoms with Crippen LogP contribution in [-0.2, 0) is 11.3 Å². The number of likely N-dealkylation sites (N-methyl/N-ethyl adjacent to an activating group) is 2. The number of rotatable bonds is 5. The van der Waals surface area contributed by atoms with Gasteiger partial charge in [0.15, 0.2) is 0 Å². The van der Waals surface area contributed by atoms with Gasteiger partial charge in [0.2, 0.25) is 5.91 Å². The van der Waals surface area contributed by atoms with Gasteiger partial charge in [0, 0.05) is 33.3 Å². The van der Waals surface area contributed by atoms with Gasteiger partial charge < -0.3 is 10.2 Å². The lowest BCUT2D eigenvalue weighted by atomic mass is 10.1. The van der Waals surface area contributed by atoms with E-state index in [0.717, 1.165) is 5.56 Å². The van der Waals surface area contributed by atoms with Crippen LogP contribution in [0.3, 0.4) is 0 Å². The summed E-state index contributed by atoms with van der Waals surface area (Å²) in [6, 6.07) is 7.23. The van der Waals surface area contributed by atoms with Crippen LogP contribution < -0.4 is 5.32 Å². The second-order valence-corrected chi connectivity index (χ2v) is 5.10. The molecular formula is C15H23N3O2. The summed E-state index contributed by atoms with van der Waals surface area (Å²) >= 11 is 0. The Morgan fingerprint density at radius 1 is 1.15 bits per heavy atom. The Morgan fingerprint density at radius 3 is 2.15 bits per heavy atom. The number of nitrogens with one attached hydrogen (secondary N) is 1. The lowest BCUT2D eigenvalue weighted by molar-refractivity contribution is -0.133. The van der Waals surface area contributed by atoms with E-state index in [1.165, 1.54) is 0 Å². The molecule has 1 N–H and O–H groups in total. The fraction of sp³-hybridized carbons (Fsp3) is 0.467. The smallest absolute Gasteiger partial charge is 0.251 e. The predicted molar refractivity (Wildman–Crippen MR) is 79.5 cm³/mol. The number of benzene rings is 1. The first kappa shape index (κ1) is 16.2. The molecule has 0 saturated heterocycles. The summed E-state index contributed by atoms with van der Waals surface area (Å²) in [6.07, 6.45) is 0. The fourth-order valence-corrected chi connectivity index (χ4v) is 1.89. The quantitative estimate of drug-likeness (QED) is 0.872.